The Bertz CT molecular complexity index is 376. The van der Waals surface area contributed by atoms with Crippen LogP contribution in [-0.2, 0) is 6.54 Å². The van der Waals surface area contributed by atoms with Crippen LogP contribution in [0.3, 0.4) is 0 Å². The van der Waals surface area contributed by atoms with Gasteiger partial charge in [-0.2, -0.15) is 0 Å². The second-order valence-electron chi connectivity index (χ2n) is 3.27. The van der Waals surface area contributed by atoms with E-state index in [9.17, 15) is 4.79 Å². The first kappa shape index (κ1) is 8.87. The number of rotatable bonds is 1. The lowest BCUT2D eigenvalue weighted by Gasteiger charge is -2.28. The first-order valence-corrected chi connectivity index (χ1v) is 4.55. The summed E-state index contributed by atoms with van der Waals surface area (Å²) in [4.78, 5) is 13.0. The lowest BCUT2D eigenvalue weighted by Crippen LogP contribution is -2.41. The standard InChI is InChI=1S/C10H13N3O/c1-11-8-4-3-5-9-7(8)6-12-10(14)13(9)2/h3-5,11H,6H2,1-2H3,(H,12,14). The van der Waals surface area contributed by atoms with E-state index in [1.165, 1.54) is 0 Å². The maximum Gasteiger partial charge on any atom is 0.321 e. The third-order valence-corrected chi connectivity index (χ3v) is 2.50. The van der Waals surface area contributed by atoms with Gasteiger partial charge in [0, 0.05) is 31.9 Å². The molecular formula is C10H13N3O. The molecule has 2 N–H and O–H groups in total. The number of anilines is 2. The molecule has 74 valence electrons. The van der Waals surface area contributed by atoms with Crippen LogP contribution in [0.5, 0.6) is 0 Å². The molecule has 4 heteroatoms. The minimum Gasteiger partial charge on any atom is -0.388 e. The molecule has 14 heavy (non-hydrogen) atoms. The van der Waals surface area contributed by atoms with Gasteiger partial charge in [0.05, 0.1) is 5.69 Å². The predicted molar refractivity (Wildman–Crippen MR) is 56.6 cm³/mol. The van der Waals surface area contributed by atoms with Crippen molar-refractivity contribution in [1.82, 2.24) is 5.32 Å². The van der Waals surface area contributed by atoms with Gasteiger partial charge in [-0.05, 0) is 12.1 Å². The highest BCUT2D eigenvalue weighted by Crippen LogP contribution is 2.29. The third-order valence-electron chi connectivity index (χ3n) is 2.50. The highest BCUT2D eigenvalue weighted by atomic mass is 16.2. The largest absolute Gasteiger partial charge is 0.388 e. The molecule has 1 aromatic rings. The molecule has 2 amide bonds. The smallest absolute Gasteiger partial charge is 0.321 e. The van der Waals surface area contributed by atoms with Crippen molar-refractivity contribution in [3.8, 4) is 0 Å². The Morgan fingerprint density at radius 2 is 2.29 bits per heavy atom. The topological polar surface area (TPSA) is 44.4 Å². The van der Waals surface area contributed by atoms with E-state index in [2.05, 4.69) is 10.6 Å². The molecule has 0 spiro atoms. The second-order valence-corrected chi connectivity index (χ2v) is 3.27. The normalized spacial score (nSPS) is 14.7. The number of amides is 2. The van der Waals surface area contributed by atoms with Crippen molar-refractivity contribution in [3.63, 3.8) is 0 Å². The van der Waals surface area contributed by atoms with E-state index in [1.807, 2.05) is 25.2 Å². The molecule has 0 radical (unpaired) electrons. The van der Waals surface area contributed by atoms with Crippen molar-refractivity contribution in [2.24, 2.45) is 0 Å². The van der Waals surface area contributed by atoms with Crippen LogP contribution in [0, 0.1) is 0 Å². The van der Waals surface area contributed by atoms with E-state index in [0.29, 0.717) is 6.54 Å². The van der Waals surface area contributed by atoms with Crippen molar-refractivity contribution in [2.75, 3.05) is 24.3 Å². The quantitative estimate of drug-likeness (QED) is 0.704. The van der Waals surface area contributed by atoms with Gasteiger partial charge in [0.15, 0.2) is 0 Å². The Morgan fingerprint density at radius 1 is 1.50 bits per heavy atom. The number of carbonyl (C=O) groups excluding carboxylic acids is 1. The number of nitrogens with zero attached hydrogens (tertiary/aromatic N) is 1. The molecule has 0 saturated carbocycles. The lowest BCUT2D eigenvalue weighted by atomic mass is 10.1. The summed E-state index contributed by atoms with van der Waals surface area (Å²) in [6, 6.07) is 5.85. The predicted octanol–water partition coefficient (Wildman–Crippen LogP) is 1.39. The molecular weight excluding hydrogens is 178 g/mol. The van der Waals surface area contributed by atoms with Gasteiger partial charge in [-0.1, -0.05) is 6.07 Å². The summed E-state index contributed by atoms with van der Waals surface area (Å²) in [6.07, 6.45) is 0. The minimum atomic E-state index is -0.0502. The fourth-order valence-electron chi connectivity index (χ4n) is 1.70. The van der Waals surface area contributed by atoms with Gasteiger partial charge < -0.3 is 10.6 Å². The van der Waals surface area contributed by atoms with Gasteiger partial charge in [0.2, 0.25) is 0 Å². The molecule has 0 fully saturated rings. The zero-order chi connectivity index (χ0) is 10.1. The second kappa shape index (κ2) is 3.21. The molecule has 1 aromatic carbocycles. The summed E-state index contributed by atoms with van der Waals surface area (Å²) >= 11 is 0. The van der Waals surface area contributed by atoms with Crippen molar-refractivity contribution in [2.45, 2.75) is 6.54 Å². The Morgan fingerprint density at radius 3 is 3.00 bits per heavy atom. The third kappa shape index (κ3) is 1.19. The molecule has 1 aliphatic rings. The van der Waals surface area contributed by atoms with E-state index in [4.69, 9.17) is 0 Å². The summed E-state index contributed by atoms with van der Waals surface area (Å²) in [7, 11) is 3.65. The summed E-state index contributed by atoms with van der Waals surface area (Å²) in [6.45, 7) is 0.593. The maximum absolute atomic E-state index is 11.4. The van der Waals surface area contributed by atoms with Gasteiger partial charge in [-0.25, -0.2) is 4.79 Å². The summed E-state index contributed by atoms with van der Waals surface area (Å²) < 4.78 is 0. The Kier molecular flexibility index (Phi) is 2.04. The van der Waals surface area contributed by atoms with E-state index in [1.54, 1.807) is 11.9 Å². The maximum atomic E-state index is 11.4. The molecule has 2 rings (SSSR count). The van der Waals surface area contributed by atoms with Gasteiger partial charge in [-0.3, -0.25) is 4.90 Å². The van der Waals surface area contributed by atoms with E-state index < -0.39 is 0 Å². The van der Waals surface area contributed by atoms with E-state index in [0.717, 1.165) is 16.9 Å². The van der Waals surface area contributed by atoms with Crippen LogP contribution in [0.2, 0.25) is 0 Å². The molecule has 0 unspecified atom stereocenters. The lowest BCUT2D eigenvalue weighted by molar-refractivity contribution is 0.246. The number of hydrogen-bond donors (Lipinski definition) is 2. The Labute approximate surface area is 82.9 Å². The van der Waals surface area contributed by atoms with Crippen molar-refractivity contribution in [3.05, 3.63) is 23.8 Å². The van der Waals surface area contributed by atoms with Gasteiger partial charge >= 0.3 is 6.03 Å². The number of nitrogens with one attached hydrogen (secondary N) is 2. The molecule has 0 aliphatic carbocycles. The monoisotopic (exact) mass is 191 g/mol. The van der Waals surface area contributed by atoms with Crippen LogP contribution in [0.25, 0.3) is 0 Å². The highest BCUT2D eigenvalue weighted by Gasteiger charge is 2.21. The van der Waals surface area contributed by atoms with E-state index in [-0.39, 0.29) is 6.03 Å². The number of fused-ring (bicyclic) bond motifs is 1. The van der Waals surface area contributed by atoms with Gasteiger partial charge in [0.25, 0.3) is 0 Å². The molecule has 1 heterocycles. The van der Waals surface area contributed by atoms with Crippen LogP contribution in [-0.4, -0.2) is 20.1 Å². The minimum absolute atomic E-state index is 0.0502. The SMILES string of the molecule is CNc1cccc2c1CNC(=O)N2C. The molecule has 0 saturated heterocycles. The molecule has 0 bridgehead atoms. The highest BCUT2D eigenvalue weighted by molar-refractivity contribution is 5.95. The summed E-state index contributed by atoms with van der Waals surface area (Å²) in [5.74, 6) is 0. The van der Waals surface area contributed by atoms with Crippen LogP contribution in [0.15, 0.2) is 18.2 Å². The fourth-order valence-corrected chi connectivity index (χ4v) is 1.70. The molecule has 0 aromatic heterocycles. The van der Waals surface area contributed by atoms with Crippen LogP contribution in [0.4, 0.5) is 16.2 Å². The van der Waals surface area contributed by atoms with Crippen molar-refractivity contribution >= 4 is 17.4 Å². The van der Waals surface area contributed by atoms with Crippen LogP contribution < -0.4 is 15.5 Å². The fraction of sp³-hybridized carbons (Fsp3) is 0.300. The molecule has 0 atom stereocenters. The number of hydrogen-bond acceptors (Lipinski definition) is 2. The Hall–Kier alpha value is -1.71. The summed E-state index contributed by atoms with van der Waals surface area (Å²) in [5, 5.41) is 5.92. The Balaban J connectivity index is 2.52. The number of carbonyl (C=O) groups is 1. The summed E-state index contributed by atoms with van der Waals surface area (Å²) in [5.41, 5.74) is 3.17. The molecule has 1 aliphatic heterocycles. The van der Waals surface area contributed by atoms with Crippen molar-refractivity contribution in [1.29, 1.82) is 0 Å². The zero-order valence-corrected chi connectivity index (χ0v) is 8.29. The first-order chi connectivity index (χ1) is 6.74. The van der Waals surface area contributed by atoms with Crippen LogP contribution >= 0.6 is 0 Å². The zero-order valence-electron chi connectivity index (χ0n) is 8.29. The first-order valence-electron chi connectivity index (χ1n) is 4.55. The van der Waals surface area contributed by atoms with Gasteiger partial charge in [0.1, 0.15) is 0 Å². The van der Waals surface area contributed by atoms with Crippen LogP contribution in [0.1, 0.15) is 5.56 Å². The van der Waals surface area contributed by atoms with Gasteiger partial charge in [-0.15, -0.1) is 0 Å². The average molecular weight is 191 g/mol. The molecule has 4 nitrogen and oxygen atoms in total. The number of benzene rings is 1. The van der Waals surface area contributed by atoms with Crippen molar-refractivity contribution < 1.29 is 4.79 Å². The van der Waals surface area contributed by atoms with E-state index >= 15 is 0 Å². The average Bonchev–Trinajstić information content (AvgIpc) is 2.23. The number of urea groups is 1.